The lowest BCUT2D eigenvalue weighted by atomic mass is 9.44. The van der Waals surface area contributed by atoms with E-state index < -0.39 is 0 Å². The predicted octanol–water partition coefficient (Wildman–Crippen LogP) is 10.1. The summed E-state index contributed by atoms with van der Waals surface area (Å²) >= 11 is 0. The number of phenols is 1. The van der Waals surface area contributed by atoms with E-state index >= 15 is 0 Å². The number of ether oxygens (including phenoxy) is 2. The second-order valence-corrected chi connectivity index (χ2v) is 16.0. The third-order valence-electron chi connectivity index (χ3n) is 13.7. The zero-order valence-corrected chi connectivity index (χ0v) is 28.2. The highest BCUT2D eigenvalue weighted by Crippen LogP contribution is 2.68. The summed E-state index contributed by atoms with van der Waals surface area (Å²) in [4.78, 5) is 12.8. The van der Waals surface area contributed by atoms with Crippen molar-refractivity contribution in [3.8, 4) is 11.5 Å². The van der Waals surface area contributed by atoms with E-state index in [0.717, 1.165) is 59.8 Å². The Morgan fingerprint density at radius 2 is 1.74 bits per heavy atom. The molecule has 0 aromatic heterocycles. The lowest BCUT2D eigenvalue weighted by Crippen LogP contribution is -2.54. The molecule has 4 aliphatic carbocycles. The van der Waals surface area contributed by atoms with Crippen LogP contribution in [-0.2, 0) is 9.53 Å². The number of carbonyl (C=O) groups excluding carboxylic acids is 1. The molecule has 0 radical (unpaired) electrons. The van der Waals surface area contributed by atoms with E-state index in [2.05, 4.69) is 41.5 Å². The molecule has 4 fully saturated rings. The average Bonchev–Trinajstić information content (AvgIpc) is 3.34. The number of methoxy groups -OCH3 is 1. The van der Waals surface area contributed by atoms with Crippen LogP contribution in [-0.4, -0.2) is 24.3 Å². The Kier molecular flexibility index (Phi) is 9.94. The second kappa shape index (κ2) is 13.2. The number of aromatic hydroxyl groups is 1. The fraction of sp³-hybridized carbons (Fsp3) is 0.769. The van der Waals surface area contributed by atoms with E-state index in [4.69, 9.17) is 9.47 Å². The molecule has 4 heteroatoms. The van der Waals surface area contributed by atoms with Gasteiger partial charge in [-0.25, -0.2) is 4.79 Å². The number of benzene rings is 1. The van der Waals surface area contributed by atoms with Crippen LogP contribution in [0.2, 0.25) is 0 Å². The van der Waals surface area contributed by atoms with Gasteiger partial charge in [0.25, 0.3) is 0 Å². The Hall–Kier alpha value is -1.97. The summed E-state index contributed by atoms with van der Waals surface area (Å²) in [6.07, 6.45) is 19.0. The summed E-state index contributed by atoms with van der Waals surface area (Å²) in [7, 11) is 1.52. The molecule has 0 amide bonds. The lowest BCUT2D eigenvalue weighted by Gasteiger charge is -2.61. The Bertz CT molecular complexity index is 1140. The molecule has 240 valence electrons. The normalized spacial score (nSPS) is 36.9. The maximum Gasteiger partial charge on any atom is 0.331 e. The SMILES string of the molecule is CC[C@@H](CC[C@@H](C)[C@@H]1CC[C@H]2[C@@H]3CC[C@H]4C[C@H](OC(=O)C=Cc5ccc(O)c(OC)c5)CC[C@@]4(C)[C@@H]3CC[C@@]21C)C(C)C. The van der Waals surface area contributed by atoms with E-state index in [0.29, 0.717) is 22.5 Å². The fourth-order valence-corrected chi connectivity index (χ4v) is 11.2. The van der Waals surface area contributed by atoms with Crippen molar-refractivity contribution >= 4 is 12.0 Å². The molecule has 1 aromatic rings. The highest BCUT2D eigenvalue weighted by molar-refractivity contribution is 5.87. The Balaban J connectivity index is 1.17. The van der Waals surface area contributed by atoms with Crippen molar-refractivity contribution in [2.45, 2.75) is 125 Å². The number of fused-ring (bicyclic) bond motifs is 5. The van der Waals surface area contributed by atoms with Gasteiger partial charge in [-0.2, -0.15) is 0 Å². The molecule has 0 saturated heterocycles. The summed E-state index contributed by atoms with van der Waals surface area (Å²) in [6.45, 7) is 15.1. The number of carbonyl (C=O) groups is 1. The molecule has 1 N–H and O–H groups in total. The van der Waals surface area contributed by atoms with Gasteiger partial charge < -0.3 is 14.6 Å². The smallest absolute Gasteiger partial charge is 0.331 e. The number of hydrogen-bond acceptors (Lipinski definition) is 4. The van der Waals surface area contributed by atoms with Crippen LogP contribution < -0.4 is 4.74 Å². The third kappa shape index (κ3) is 6.41. The quantitative estimate of drug-likeness (QED) is 0.217. The molecule has 1 aromatic carbocycles. The van der Waals surface area contributed by atoms with Crippen LogP contribution in [0, 0.1) is 58.2 Å². The first-order valence-electron chi connectivity index (χ1n) is 17.8. The first kappa shape index (κ1) is 32.4. The summed E-state index contributed by atoms with van der Waals surface area (Å²) in [6, 6.07) is 5.07. The van der Waals surface area contributed by atoms with Crippen molar-refractivity contribution in [1.29, 1.82) is 0 Å². The molecule has 43 heavy (non-hydrogen) atoms. The topological polar surface area (TPSA) is 55.8 Å². The minimum Gasteiger partial charge on any atom is -0.504 e. The van der Waals surface area contributed by atoms with Gasteiger partial charge in [0.15, 0.2) is 11.5 Å². The molecule has 0 bridgehead atoms. The lowest BCUT2D eigenvalue weighted by molar-refractivity contribution is -0.157. The molecule has 4 nitrogen and oxygen atoms in total. The van der Waals surface area contributed by atoms with Gasteiger partial charge in [-0.3, -0.25) is 0 Å². The van der Waals surface area contributed by atoms with Gasteiger partial charge in [0.2, 0.25) is 0 Å². The van der Waals surface area contributed by atoms with Crippen LogP contribution in [0.1, 0.15) is 124 Å². The largest absolute Gasteiger partial charge is 0.504 e. The van der Waals surface area contributed by atoms with Crippen LogP contribution in [0.5, 0.6) is 11.5 Å². The van der Waals surface area contributed by atoms with Crippen LogP contribution >= 0.6 is 0 Å². The van der Waals surface area contributed by atoms with Gasteiger partial charge in [-0.1, -0.05) is 60.5 Å². The van der Waals surface area contributed by atoms with E-state index in [1.54, 1.807) is 24.3 Å². The molecule has 0 spiro atoms. The van der Waals surface area contributed by atoms with Crippen molar-refractivity contribution in [1.82, 2.24) is 0 Å². The summed E-state index contributed by atoms with van der Waals surface area (Å²) in [5, 5.41) is 9.83. The van der Waals surface area contributed by atoms with Gasteiger partial charge in [-0.15, -0.1) is 0 Å². The second-order valence-electron chi connectivity index (χ2n) is 16.0. The number of rotatable bonds is 10. The highest BCUT2D eigenvalue weighted by Gasteiger charge is 2.60. The molecule has 0 aliphatic heterocycles. The van der Waals surface area contributed by atoms with Crippen LogP contribution in [0.15, 0.2) is 24.3 Å². The maximum atomic E-state index is 12.8. The molecular weight excluding hydrogens is 532 g/mol. The summed E-state index contributed by atoms with van der Waals surface area (Å²) in [5.74, 6) is 6.95. The Labute approximate surface area is 262 Å². The van der Waals surface area contributed by atoms with Crippen LogP contribution in [0.25, 0.3) is 6.08 Å². The Morgan fingerprint density at radius 3 is 2.47 bits per heavy atom. The molecule has 0 heterocycles. The first-order valence-corrected chi connectivity index (χ1v) is 17.8. The van der Waals surface area contributed by atoms with Crippen molar-refractivity contribution in [2.75, 3.05) is 7.11 Å². The molecule has 0 unspecified atom stereocenters. The molecule has 5 rings (SSSR count). The van der Waals surface area contributed by atoms with E-state index in [1.165, 1.54) is 77.4 Å². The Morgan fingerprint density at radius 1 is 1.00 bits per heavy atom. The average molecular weight is 593 g/mol. The number of esters is 1. The maximum absolute atomic E-state index is 12.8. The summed E-state index contributed by atoms with van der Waals surface area (Å²) < 4.78 is 11.2. The van der Waals surface area contributed by atoms with Crippen molar-refractivity contribution in [2.24, 2.45) is 58.2 Å². The van der Waals surface area contributed by atoms with Gasteiger partial charge >= 0.3 is 5.97 Å². The van der Waals surface area contributed by atoms with E-state index in [-0.39, 0.29) is 17.8 Å². The monoisotopic (exact) mass is 592 g/mol. The van der Waals surface area contributed by atoms with Crippen molar-refractivity contribution in [3.05, 3.63) is 29.8 Å². The fourth-order valence-electron chi connectivity index (χ4n) is 11.2. The first-order chi connectivity index (χ1) is 20.5. The minimum absolute atomic E-state index is 0.0180. The molecule has 4 saturated carbocycles. The van der Waals surface area contributed by atoms with Gasteiger partial charge in [0.05, 0.1) is 7.11 Å². The van der Waals surface area contributed by atoms with Crippen LogP contribution in [0.4, 0.5) is 0 Å². The van der Waals surface area contributed by atoms with E-state index in [9.17, 15) is 9.90 Å². The van der Waals surface area contributed by atoms with Crippen LogP contribution in [0.3, 0.4) is 0 Å². The predicted molar refractivity (Wildman–Crippen MR) is 176 cm³/mol. The molecular formula is C39H60O4. The molecule has 4 aliphatic rings. The molecule has 10 atom stereocenters. The zero-order valence-electron chi connectivity index (χ0n) is 28.2. The van der Waals surface area contributed by atoms with Crippen molar-refractivity contribution < 1.29 is 19.4 Å². The van der Waals surface area contributed by atoms with Gasteiger partial charge in [-0.05, 0) is 146 Å². The number of hydrogen-bond donors (Lipinski definition) is 1. The zero-order chi connectivity index (χ0) is 30.9. The van der Waals surface area contributed by atoms with Gasteiger partial charge in [0, 0.05) is 6.08 Å². The number of phenolic OH excluding ortho intramolecular Hbond substituents is 1. The van der Waals surface area contributed by atoms with Crippen molar-refractivity contribution in [3.63, 3.8) is 0 Å². The highest BCUT2D eigenvalue weighted by atomic mass is 16.5. The van der Waals surface area contributed by atoms with E-state index in [1.807, 2.05) is 0 Å². The van der Waals surface area contributed by atoms with Gasteiger partial charge in [0.1, 0.15) is 6.10 Å². The third-order valence-corrected chi connectivity index (χ3v) is 13.7. The minimum atomic E-state index is -0.271. The standard InChI is InChI=1S/C39H60O4/c1-8-28(25(2)3)12-9-26(4)32-15-16-33-31-14-13-29-24-30(19-21-38(29,5)34(31)20-22-39(32,33)6)43-37(41)18-11-27-10-17-35(40)36(23-27)42-7/h10-11,17-18,23,25-26,28-34,40H,8-9,12-16,19-22,24H2,1-7H3/t26-,28+,29+,30-,31+,32+,33+,34-,38-,39-/m1/s1. The summed E-state index contributed by atoms with van der Waals surface area (Å²) in [5.41, 5.74) is 1.72.